The van der Waals surface area contributed by atoms with Crippen molar-refractivity contribution in [2.24, 2.45) is 5.41 Å². The van der Waals surface area contributed by atoms with Crippen LogP contribution in [-0.2, 0) is 14.3 Å². The van der Waals surface area contributed by atoms with Gasteiger partial charge in [-0.1, -0.05) is 13.3 Å². The summed E-state index contributed by atoms with van der Waals surface area (Å²) in [6.07, 6.45) is 4.97. The van der Waals surface area contributed by atoms with Crippen molar-refractivity contribution < 1.29 is 14.3 Å². The minimum atomic E-state index is -0.191. The maximum Gasteiger partial charge on any atom is 0.227 e. The summed E-state index contributed by atoms with van der Waals surface area (Å²) in [6.45, 7) is 6.60. The molecule has 0 aromatic heterocycles. The third-order valence-corrected chi connectivity index (χ3v) is 3.87. The molecule has 1 fully saturated rings. The summed E-state index contributed by atoms with van der Waals surface area (Å²) < 4.78 is 10.3. The molecule has 1 unspecified atom stereocenters. The molecule has 0 radical (unpaired) electrons. The molecule has 0 bridgehead atoms. The fourth-order valence-electron chi connectivity index (χ4n) is 2.78. The smallest absolute Gasteiger partial charge is 0.227 e. The summed E-state index contributed by atoms with van der Waals surface area (Å²) >= 11 is 0. The quantitative estimate of drug-likeness (QED) is 0.595. The first kappa shape index (κ1) is 17.4. The second kappa shape index (κ2) is 10.1. The Balaban J connectivity index is 2.21. The van der Waals surface area contributed by atoms with Crippen molar-refractivity contribution in [1.29, 1.82) is 0 Å². The van der Waals surface area contributed by atoms with E-state index in [1.807, 2.05) is 0 Å². The number of rotatable bonds is 10. The summed E-state index contributed by atoms with van der Waals surface area (Å²) in [7, 11) is 1.66. The Morgan fingerprint density at radius 1 is 1.35 bits per heavy atom. The third kappa shape index (κ3) is 5.77. The van der Waals surface area contributed by atoms with Gasteiger partial charge in [-0.05, 0) is 32.2 Å². The molecule has 0 aliphatic carbocycles. The Morgan fingerprint density at radius 3 is 2.85 bits per heavy atom. The van der Waals surface area contributed by atoms with E-state index >= 15 is 0 Å². The van der Waals surface area contributed by atoms with Crippen LogP contribution in [0.5, 0.6) is 0 Å². The zero-order valence-corrected chi connectivity index (χ0v) is 13.0. The van der Waals surface area contributed by atoms with E-state index in [2.05, 4.69) is 17.6 Å². The summed E-state index contributed by atoms with van der Waals surface area (Å²) in [4.78, 5) is 12.4. The Morgan fingerprint density at radius 2 is 2.20 bits per heavy atom. The molecule has 0 aromatic carbocycles. The Hall–Kier alpha value is -0.650. The van der Waals surface area contributed by atoms with Crippen molar-refractivity contribution in [3.63, 3.8) is 0 Å². The van der Waals surface area contributed by atoms with Crippen LogP contribution in [0.1, 0.15) is 39.0 Å². The minimum absolute atomic E-state index is 0.191. The molecule has 0 aromatic rings. The van der Waals surface area contributed by atoms with Gasteiger partial charge in [0.1, 0.15) is 0 Å². The maximum atomic E-state index is 12.4. The van der Waals surface area contributed by atoms with Crippen molar-refractivity contribution in [2.75, 3.05) is 46.6 Å². The van der Waals surface area contributed by atoms with Gasteiger partial charge in [0.05, 0.1) is 18.6 Å². The predicted octanol–water partition coefficient (Wildman–Crippen LogP) is 1.33. The summed E-state index contributed by atoms with van der Waals surface area (Å²) in [5.41, 5.74) is -0.191. The lowest BCUT2D eigenvalue weighted by atomic mass is 9.76. The first-order valence-corrected chi connectivity index (χ1v) is 7.81. The van der Waals surface area contributed by atoms with Gasteiger partial charge in [-0.15, -0.1) is 0 Å². The topological polar surface area (TPSA) is 59.6 Å². The highest BCUT2D eigenvalue weighted by Crippen LogP contribution is 2.31. The molecule has 1 heterocycles. The molecule has 0 spiro atoms. The van der Waals surface area contributed by atoms with Crippen LogP contribution in [0.25, 0.3) is 0 Å². The number of piperidine rings is 1. The Bertz CT molecular complexity index is 260. The molecular formula is C15H30N2O3. The van der Waals surface area contributed by atoms with Crippen molar-refractivity contribution in [1.82, 2.24) is 10.6 Å². The Kier molecular flexibility index (Phi) is 8.82. The number of methoxy groups -OCH3 is 1. The van der Waals surface area contributed by atoms with Gasteiger partial charge >= 0.3 is 0 Å². The van der Waals surface area contributed by atoms with Gasteiger partial charge in [-0.3, -0.25) is 4.79 Å². The molecule has 1 rings (SSSR count). The van der Waals surface area contributed by atoms with Crippen LogP contribution in [0, 0.1) is 5.41 Å². The monoisotopic (exact) mass is 286 g/mol. The molecule has 0 saturated carbocycles. The Labute approximate surface area is 122 Å². The van der Waals surface area contributed by atoms with Crippen LogP contribution in [0.2, 0.25) is 0 Å². The second-order valence-corrected chi connectivity index (χ2v) is 5.53. The summed E-state index contributed by atoms with van der Waals surface area (Å²) in [6, 6.07) is 0. The SMILES string of the molecule is CCCC1(C(=O)NCCCOCCOC)CCCNC1. The average Bonchev–Trinajstić information content (AvgIpc) is 2.47. The number of hydrogen-bond acceptors (Lipinski definition) is 4. The lowest BCUT2D eigenvalue weighted by molar-refractivity contribution is -0.132. The van der Waals surface area contributed by atoms with Crippen LogP contribution in [0.15, 0.2) is 0 Å². The van der Waals surface area contributed by atoms with Crippen molar-refractivity contribution in [3.8, 4) is 0 Å². The van der Waals surface area contributed by atoms with E-state index < -0.39 is 0 Å². The molecule has 2 N–H and O–H groups in total. The summed E-state index contributed by atoms with van der Waals surface area (Å²) in [5, 5.41) is 6.45. The first-order valence-electron chi connectivity index (χ1n) is 7.81. The largest absolute Gasteiger partial charge is 0.382 e. The van der Waals surface area contributed by atoms with Crippen LogP contribution in [0.3, 0.4) is 0 Å². The number of ether oxygens (including phenoxy) is 2. The number of amides is 1. The third-order valence-electron chi connectivity index (χ3n) is 3.87. The van der Waals surface area contributed by atoms with Crippen LogP contribution in [-0.4, -0.2) is 52.5 Å². The van der Waals surface area contributed by atoms with Crippen LogP contribution >= 0.6 is 0 Å². The summed E-state index contributed by atoms with van der Waals surface area (Å²) in [5.74, 6) is 0.212. The van der Waals surface area contributed by atoms with Crippen molar-refractivity contribution in [2.45, 2.75) is 39.0 Å². The highest BCUT2D eigenvalue weighted by molar-refractivity contribution is 5.83. The maximum absolute atomic E-state index is 12.4. The fourth-order valence-corrected chi connectivity index (χ4v) is 2.78. The van der Waals surface area contributed by atoms with Gasteiger partial charge in [0, 0.05) is 26.8 Å². The van der Waals surface area contributed by atoms with E-state index in [4.69, 9.17) is 9.47 Å². The highest BCUT2D eigenvalue weighted by atomic mass is 16.5. The molecule has 1 atom stereocenters. The van der Waals surface area contributed by atoms with Crippen molar-refractivity contribution >= 4 is 5.91 Å². The fraction of sp³-hybridized carbons (Fsp3) is 0.933. The molecular weight excluding hydrogens is 256 g/mol. The number of hydrogen-bond donors (Lipinski definition) is 2. The van der Waals surface area contributed by atoms with Crippen LogP contribution < -0.4 is 10.6 Å². The van der Waals surface area contributed by atoms with Gasteiger partial charge in [-0.2, -0.15) is 0 Å². The molecule has 1 aliphatic heterocycles. The zero-order valence-electron chi connectivity index (χ0n) is 13.0. The van der Waals surface area contributed by atoms with E-state index in [1.165, 1.54) is 0 Å². The molecule has 1 amide bonds. The number of nitrogens with one attached hydrogen (secondary N) is 2. The lowest BCUT2D eigenvalue weighted by Gasteiger charge is -2.36. The normalized spacial score (nSPS) is 22.7. The standard InChI is InChI=1S/C15H30N2O3/c1-3-6-15(7-4-8-16-13-15)14(18)17-9-5-10-20-12-11-19-2/h16H,3-13H2,1-2H3,(H,17,18). The number of carbonyl (C=O) groups is 1. The van der Waals surface area contributed by atoms with Crippen LogP contribution in [0.4, 0.5) is 0 Å². The average molecular weight is 286 g/mol. The molecule has 5 nitrogen and oxygen atoms in total. The van der Waals surface area contributed by atoms with Gasteiger partial charge in [-0.25, -0.2) is 0 Å². The van der Waals surface area contributed by atoms with E-state index in [9.17, 15) is 4.79 Å². The lowest BCUT2D eigenvalue weighted by Crippen LogP contribution is -2.50. The highest BCUT2D eigenvalue weighted by Gasteiger charge is 2.38. The van der Waals surface area contributed by atoms with Gasteiger partial charge in [0.2, 0.25) is 5.91 Å². The second-order valence-electron chi connectivity index (χ2n) is 5.53. The molecule has 118 valence electrons. The van der Waals surface area contributed by atoms with E-state index in [0.717, 1.165) is 45.2 Å². The molecule has 1 aliphatic rings. The van der Waals surface area contributed by atoms with Gasteiger partial charge < -0.3 is 20.1 Å². The molecule has 1 saturated heterocycles. The number of carbonyl (C=O) groups excluding carboxylic acids is 1. The minimum Gasteiger partial charge on any atom is -0.382 e. The van der Waals surface area contributed by atoms with Gasteiger partial charge in [0.25, 0.3) is 0 Å². The van der Waals surface area contributed by atoms with Crippen molar-refractivity contribution in [3.05, 3.63) is 0 Å². The van der Waals surface area contributed by atoms with E-state index in [1.54, 1.807) is 7.11 Å². The van der Waals surface area contributed by atoms with E-state index in [-0.39, 0.29) is 11.3 Å². The first-order chi connectivity index (χ1) is 9.75. The molecule has 5 heteroatoms. The van der Waals surface area contributed by atoms with E-state index in [0.29, 0.717) is 26.4 Å². The predicted molar refractivity (Wildman–Crippen MR) is 79.8 cm³/mol. The molecule has 20 heavy (non-hydrogen) atoms. The zero-order chi connectivity index (χ0) is 14.7. The van der Waals surface area contributed by atoms with Gasteiger partial charge in [0.15, 0.2) is 0 Å².